The van der Waals surface area contributed by atoms with Crippen LogP contribution >= 0.6 is 0 Å². The summed E-state index contributed by atoms with van der Waals surface area (Å²) < 4.78 is 0. The standard InChI is InChI=1S/C17H25N3O4/c1-11(12-7-5-4-6-8-12)13(14(18)21)20-16(24)19-10-9-17(2,3)15(22)23/h4-8,11,13H,9-10H2,1-3H3,(H2,18,21)(H,22,23)(H2,19,20,24). The van der Waals surface area contributed by atoms with Crippen molar-refractivity contribution in [1.29, 1.82) is 0 Å². The van der Waals surface area contributed by atoms with Gasteiger partial charge in [0.1, 0.15) is 6.04 Å². The van der Waals surface area contributed by atoms with Crippen LogP contribution in [0.5, 0.6) is 0 Å². The first-order valence-electron chi connectivity index (χ1n) is 7.77. The Kier molecular flexibility index (Phi) is 6.76. The molecule has 0 radical (unpaired) electrons. The lowest BCUT2D eigenvalue weighted by Crippen LogP contribution is -2.51. The van der Waals surface area contributed by atoms with Crippen LogP contribution in [0.1, 0.15) is 38.7 Å². The van der Waals surface area contributed by atoms with Gasteiger partial charge >= 0.3 is 12.0 Å². The molecule has 0 aliphatic heterocycles. The zero-order valence-corrected chi connectivity index (χ0v) is 14.2. The molecule has 0 aromatic heterocycles. The number of amides is 3. The number of primary amides is 1. The second-order valence-electron chi connectivity index (χ2n) is 6.42. The Morgan fingerprint density at radius 2 is 1.79 bits per heavy atom. The Labute approximate surface area is 141 Å². The highest BCUT2D eigenvalue weighted by atomic mass is 16.4. The first-order chi connectivity index (χ1) is 11.1. The summed E-state index contributed by atoms with van der Waals surface area (Å²) in [5.41, 5.74) is 5.35. The predicted molar refractivity (Wildman–Crippen MR) is 90.4 cm³/mol. The number of carboxylic acid groups (broad SMARTS) is 1. The summed E-state index contributed by atoms with van der Waals surface area (Å²) in [6, 6.07) is 7.85. The van der Waals surface area contributed by atoms with Crippen molar-refractivity contribution in [1.82, 2.24) is 10.6 Å². The summed E-state index contributed by atoms with van der Waals surface area (Å²) >= 11 is 0. The molecular formula is C17H25N3O4. The molecule has 0 spiro atoms. The van der Waals surface area contributed by atoms with Gasteiger partial charge in [-0.15, -0.1) is 0 Å². The molecule has 24 heavy (non-hydrogen) atoms. The van der Waals surface area contributed by atoms with Gasteiger partial charge in [0.05, 0.1) is 5.41 Å². The van der Waals surface area contributed by atoms with Crippen LogP contribution in [-0.4, -0.2) is 35.6 Å². The highest BCUT2D eigenvalue weighted by molar-refractivity contribution is 5.86. The molecular weight excluding hydrogens is 310 g/mol. The number of nitrogens with two attached hydrogens (primary N) is 1. The Morgan fingerprint density at radius 1 is 1.21 bits per heavy atom. The molecule has 132 valence electrons. The van der Waals surface area contributed by atoms with Crippen LogP contribution in [0.4, 0.5) is 4.79 Å². The van der Waals surface area contributed by atoms with Gasteiger partial charge in [0.2, 0.25) is 5.91 Å². The minimum Gasteiger partial charge on any atom is -0.481 e. The van der Waals surface area contributed by atoms with Gasteiger partial charge in [-0.05, 0) is 25.8 Å². The van der Waals surface area contributed by atoms with Gasteiger partial charge in [0.15, 0.2) is 0 Å². The number of aliphatic carboxylic acids is 1. The van der Waals surface area contributed by atoms with Crippen molar-refractivity contribution in [3.8, 4) is 0 Å². The van der Waals surface area contributed by atoms with E-state index in [2.05, 4.69) is 10.6 Å². The van der Waals surface area contributed by atoms with Crippen LogP contribution < -0.4 is 16.4 Å². The van der Waals surface area contributed by atoms with Crippen molar-refractivity contribution in [2.24, 2.45) is 11.1 Å². The molecule has 7 nitrogen and oxygen atoms in total. The third-order valence-electron chi connectivity index (χ3n) is 4.03. The van der Waals surface area contributed by atoms with Gasteiger partial charge < -0.3 is 21.5 Å². The van der Waals surface area contributed by atoms with Gasteiger partial charge in [0, 0.05) is 12.5 Å². The number of carbonyl (C=O) groups excluding carboxylic acids is 2. The van der Waals surface area contributed by atoms with E-state index in [1.807, 2.05) is 30.3 Å². The quantitative estimate of drug-likeness (QED) is 0.574. The molecule has 0 heterocycles. The maximum atomic E-state index is 12.0. The number of carboxylic acids is 1. The lowest BCUT2D eigenvalue weighted by molar-refractivity contribution is -0.147. The Hall–Kier alpha value is -2.57. The minimum atomic E-state index is -0.937. The van der Waals surface area contributed by atoms with Crippen LogP contribution in [0, 0.1) is 5.41 Å². The van der Waals surface area contributed by atoms with Crippen LogP contribution in [0.15, 0.2) is 30.3 Å². The predicted octanol–water partition coefficient (Wildman–Crippen LogP) is 1.44. The molecule has 0 aliphatic carbocycles. The summed E-state index contributed by atoms with van der Waals surface area (Å²) in [5, 5.41) is 14.2. The van der Waals surface area contributed by atoms with Crippen LogP contribution in [0.25, 0.3) is 0 Å². The highest BCUT2D eigenvalue weighted by Crippen LogP contribution is 2.20. The van der Waals surface area contributed by atoms with E-state index >= 15 is 0 Å². The van der Waals surface area contributed by atoms with Crippen molar-refractivity contribution in [3.05, 3.63) is 35.9 Å². The van der Waals surface area contributed by atoms with E-state index < -0.39 is 29.4 Å². The number of carbonyl (C=O) groups is 3. The SMILES string of the molecule is CC(c1ccccc1)C(NC(=O)NCCC(C)(C)C(=O)O)C(N)=O. The van der Waals surface area contributed by atoms with Crippen molar-refractivity contribution in [2.75, 3.05) is 6.54 Å². The van der Waals surface area contributed by atoms with Gasteiger partial charge in [0.25, 0.3) is 0 Å². The normalized spacial score (nSPS) is 13.6. The molecule has 0 saturated heterocycles. The van der Waals surface area contributed by atoms with E-state index in [1.54, 1.807) is 20.8 Å². The maximum absolute atomic E-state index is 12.0. The average Bonchev–Trinajstić information content (AvgIpc) is 2.52. The van der Waals surface area contributed by atoms with Gasteiger partial charge in [-0.3, -0.25) is 9.59 Å². The zero-order chi connectivity index (χ0) is 18.3. The second kappa shape index (κ2) is 8.33. The van der Waals surface area contributed by atoms with Crippen LogP contribution in [-0.2, 0) is 9.59 Å². The van der Waals surface area contributed by atoms with Crippen molar-refractivity contribution >= 4 is 17.9 Å². The number of hydrogen-bond donors (Lipinski definition) is 4. The Bertz CT molecular complexity index is 587. The maximum Gasteiger partial charge on any atom is 0.315 e. The molecule has 2 unspecified atom stereocenters. The molecule has 0 aliphatic rings. The van der Waals surface area contributed by atoms with Crippen molar-refractivity contribution in [2.45, 2.75) is 39.2 Å². The number of urea groups is 1. The third-order valence-corrected chi connectivity index (χ3v) is 4.03. The average molecular weight is 335 g/mol. The first kappa shape index (κ1) is 19.5. The van der Waals surface area contributed by atoms with Gasteiger partial charge in [-0.1, -0.05) is 37.3 Å². The number of nitrogens with one attached hydrogen (secondary N) is 2. The second-order valence-corrected chi connectivity index (χ2v) is 6.42. The topological polar surface area (TPSA) is 122 Å². The molecule has 1 rings (SSSR count). The number of rotatable bonds is 8. The minimum absolute atomic E-state index is 0.177. The molecule has 1 aromatic rings. The summed E-state index contributed by atoms with van der Waals surface area (Å²) in [7, 11) is 0. The number of benzene rings is 1. The van der Waals surface area contributed by atoms with Crippen LogP contribution in [0.2, 0.25) is 0 Å². The monoisotopic (exact) mass is 335 g/mol. The summed E-state index contributed by atoms with van der Waals surface area (Å²) in [4.78, 5) is 34.7. The molecule has 2 atom stereocenters. The summed E-state index contributed by atoms with van der Waals surface area (Å²) in [6.45, 7) is 5.14. The van der Waals surface area contributed by atoms with E-state index in [4.69, 9.17) is 10.8 Å². The zero-order valence-electron chi connectivity index (χ0n) is 14.2. The summed E-state index contributed by atoms with van der Waals surface area (Å²) in [6.07, 6.45) is 0.269. The smallest absolute Gasteiger partial charge is 0.315 e. The largest absolute Gasteiger partial charge is 0.481 e. The fourth-order valence-electron chi connectivity index (χ4n) is 2.18. The molecule has 3 amide bonds. The Balaban J connectivity index is 2.61. The fraction of sp³-hybridized carbons (Fsp3) is 0.471. The Morgan fingerprint density at radius 3 is 2.29 bits per heavy atom. The molecule has 0 saturated carbocycles. The van der Waals surface area contributed by atoms with Crippen LogP contribution in [0.3, 0.4) is 0 Å². The molecule has 0 bridgehead atoms. The molecule has 5 N–H and O–H groups in total. The van der Waals surface area contributed by atoms with E-state index in [0.29, 0.717) is 0 Å². The lowest BCUT2D eigenvalue weighted by atomic mass is 9.90. The first-order valence-corrected chi connectivity index (χ1v) is 7.77. The van der Waals surface area contributed by atoms with Gasteiger partial charge in [-0.2, -0.15) is 0 Å². The van der Waals surface area contributed by atoms with Gasteiger partial charge in [-0.25, -0.2) is 4.79 Å². The summed E-state index contributed by atoms with van der Waals surface area (Å²) in [5.74, 6) is -1.85. The molecule has 1 aromatic carbocycles. The van der Waals surface area contributed by atoms with E-state index in [0.717, 1.165) is 5.56 Å². The molecule has 0 fully saturated rings. The molecule has 7 heteroatoms. The van der Waals surface area contributed by atoms with E-state index in [-0.39, 0.29) is 18.9 Å². The van der Waals surface area contributed by atoms with E-state index in [9.17, 15) is 14.4 Å². The van der Waals surface area contributed by atoms with Crippen molar-refractivity contribution in [3.63, 3.8) is 0 Å². The van der Waals surface area contributed by atoms with Crippen molar-refractivity contribution < 1.29 is 19.5 Å². The lowest BCUT2D eigenvalue weighted by Gasteiger charge is -2.24. The third kappa shape index (κ3) is 5.57. The fourth-order valence-corrected chi connectivity index (χ4v) is 2.18. The number of hydrogen-bond acceptors (Lipinski definition) is 3. The highest BCUT2D eigenvalue weighted by Gasteiger charge is 2.28. The van der Waals surface area contributed by atoms with E-state index in [1.165, 1.54) is 0 Å².